The first-order valence-corrected chi connectivity index (χ1v) is 8.63. The number of hydrogen-bond acceptors (Lipinski definition) is 3. The minimum Gasteiger partial charge on any atom is -0.355 e. The molecule has 128 valence electrons. The third-order valence-electron chi connectivity index (χ3n) is 4.53. The second-order valence-electron chi connectivity index (χ2n) is 6.76. The molecule has 0 aromatic rings. The molecular formula is C17H33N3O2. The smallest absolute Gasteiger partial charge is 0.225 e. The maximum absolute atomic E-state index is 12.3. The first kappa shape index (κ1) is 18.9. The Bertz CT molecular complexity index is 350. The predicted molar refractivity (Wildman–Crippen MR) is 89.6 cm³/mol. The molecule has 0 aromatic carbocycles. The molecule has 0 heterocycles. The van der Waals surface area contributed by atoms with E-state index < -0.39 is 0 Å². The van der Waals surface area contributed by atoms with Crippen molar-refractivity contribution in [2.24, 2.45) is 11.8 Å². The lowest BCUT2D eigenvalue weighted by molar-refractivity contribution is -0.137. The van der Waals surface area contributed by atoms with E-state index in [9.17, 15) is 9.59 Å². The third kappa shape index (κ3) is 6.34. The van der Waals surface area contributed by atoms with Gasteiger partial charge in [-0.05, 0) is 46.2 Å². The average molecular weight is 311 g/mol. The van der Waals surface area contributed by atoms with Crippen molar-refractivity contribution in [2.75, 3.05) is 40.8 Å². The van der Waals surface area contributed by atoms with E-state index in [1.165, 1.54) is 0 Å². The molecule has 1 fully saturated rings. The molecule has 0 aliphatic heterocycles. The summed E-state index contributed by atoms with van der Waals surface area (Å²) >= 11 is 0. The van der Waals surface area contributed by atoms with Crippen LogP contribution in [-0.4, -0.2) is 62.4 Å². The lowest BCUT2D eigenvalue weighted by atomic mass is 9.81. The molecule has 0 spiro atoms. The van der Waals surface area contributed by atoms with Crippen LogP contribution >= 0.6 is 0 Å². The molecule has 0 saturated heterocycles. The van der Waals surface area contributed by atoms with Gasteiger partial charge in [0.2, 0.25) is 11.8 Å². The van der Waals surface area contributed by atoms with Crippen molar-refractivity contribution < 1.29 is 9.59 Å². The van der Waals surface area contributed by atoms with Gasteiger partial charge in [0.15, 0.2) is 0 Å². The zero-order valence-electron chi connectivity index (χ0n) is 14.7. The Labute approximate surface area is 135 Å². The summed E-state index contributed by atoms with van der Waals surface area (Å²) in [5, 5.41) is 3.00. The second kappa shape index (κ2) is 9.82. The number of likely N-dealkylation sites (N-methyl/N-ethyl adjacent to an activating group) is 1. The lowest BCUT2D eigenvalue weighted by Crippen LogP contribution is -2.40. The molecular weight excluding hydrogens is 278 g/mol. The molecule has 0 atom stereocenters. The van der Waals surface area contributed by atoms with Crippen molar-refractivity contribution in [3.05, 3.63) is 0 Å². The van der Waals surface area contributed by atoms with Gasteiger partial charge in [-0.15, -0.1) is 0 Å². The maximum Gasteiger partial charge on any atom is 0.225 e. The summed E-state index contributed by atoms with van der Waals surface area (Å²) in [5.41, 5.74) is 0. The summed E-state index contributed by atoms with van der Waals surface area (Å²) in [4.78, 5) is 28.4. The van der Waals surface area contributed by atoms with Crippen molar-refractivity contribution >= 4 is 11.8 Å². The van der Waals surface area contributed by atoms with Gasteiger partial charge in [0, 0.05) is 38.5 Å². The maximum atomic E-state index is 12.3. The SMILES string of the molecule is CCCCN(C)C(=O)C1CCC(C(=O)NCCN(C)C)CC1. The summed E-state index contributed by atoms with van der Waals surface area (Å²) in [6.45, 7) is 4.55. The highest BCUT2D eigenvalue weighted by Crippen LogP contribution is 2.30. The van der Waals surface area contributed by atoms with E-state index in [1.807, 2.05) is 26.0 Å². The van der Waals surface area contributed by atoms with Crippen LogP contribution in [0, 0.1) is 11.8 Å². The van der Waals surface area contributed by atoms with Gasteiger partial charge in [-0.25, -0.2) is 0 Å². The minimum absolute atomic E-state index is 0.0900. The van der Waals surface area contributed by atoms with E-state index in [2.05, 4.69) is 17.1 Å². The third-order valence-corrected chi connectivity index (χ3v) is 4.53. The molecule has 1 saturated carbocycles. The van der Waals surface area contributed by atoms with Crippen LogP contribution in [0.4, 0.5) is 0 Å². The summed E-state index contributed by atoms with van der Waals surface area (Å²) in [5.74, 6) is 0.631. The first-order chi connectivity index (χ1) is 10.5. The van der Waals surface area contributed by atoms with Crippen LogP contribution in [0.1, 0.15) is 45.4 Å². The first-order valence-electron chi connectivity index (χ1n) is 8.63. The summed E-state index contributed by atoms with van der Waals surface area (Å²) in [6.07, 6.45) is 5.54. The molecule has 0 bridgehead atoms. The number of nitrogens with zero attached hydrogens (tertiary/aromatic N) is 2. The largest absolute Gasteiger partial charge is 0.355 e. The molecule has 0 aromatic heterocycles. The standard InChI is InChI=1S/C17H33N3O2/c1-5-6-12-20(4)17(22)15-9-7-14(8-10-15)16(21)18-11-13-19(2)3/h14-15H,5-13H2,1-4H3,(H,18,21). The van der Waals surface area contributed by atoms with Crippen LogP contribution in [0.25, 0.3) is 0 Å². The number of carbonyl (C=O) groups is 2. The highest BCUT2D eigenvalue weighted by Gasteiger charge is 2.30. The van der Waals surface area contributed by atoms with Crippen LogP contribution in [0.3, 0.4) is 0 Å². The lowest BCUT2D eigenvalue weighted by Gasteiger charge is -2.30. The Balaban J connectivity index is 2.30. The predicted octanol–water partition coefficient (Wildman–Crippen LogP) is 1.73. The van der Waals surface area contributed by atoms with Crippen molar-refractivity contribution in [2.45, 2.75) is 45.4 Å². The molecule has 22 heavy (non-hydrogen) atoms. The molecule has 2 amide bonds. The van der Waals surface area contributed by atoms with Crippen molar-refractivity contribution in [1.29, 1.82) is 0 Å². The number of nitrogens with one attached hydrogen (secondary N) is 1. The monoisotopic (exact) mass is 311 g/mol. The van der Waals surface area contributed by atoms with Crippen LogP contribution in [0.2, 0.25) is 0 Å². The normalized spacial score (nSPS) is 21.7. The zero-order valence-corrected chi connectivity index (χ0v) is 14.7. The quantitative estimate of drug-likeness (QED) is 0.743. The Morgan fingerprint density at radius 2 is 1.59 bits per heavy atom. The fourth-order valence-corrected chi connectivity index (χ4v) is 2.97. The molecule has 1 rings (SSSR count). The van der Waals surface area contributed by atoms with Gasteiger partial charge in [0.1, 0.15) is 0 Å². The van der Waals surface area contributed by atoms with Gasteiger partial charge in [0.05, 0.1) is 0 Å². The summed E-state index contributed by atoms with van der Waals surface area (Å²) in [7, 11) is 5.90. The summed E-state index contributed by atoms with van der Waals surface area (Å²) in [6, 6.07) is 0. The van der Waals surface area contributed by atoms with Crippen molar-refractivity contribution in [1.82, 2.24) is 15.1 Å². The van der Waals surface area contributed by atoms with Gasteiger partial charge in [-0.2, -0.15) is 0 Å². The highest BCUT2D eigenvalue weighted by atomic mass is 16.2. The van der Waals surface area contributed by atoms with E-state index in [0.717, 1.165) is 51.6 Å². The number of amides is 2. The Kier molecular flexibility index (Phi) is 8.46. The molecule has 1 aliphatic carbocycles. The minimum atomic E-state index is 0.0900. The van der Waals surface area contributed by atoms with Gasteiger partial charge in [-0.3, -0.25) is 9.59 Å². The van der Waals surface area contributed by atoms with Crippen LogP contribution < -0.4 is 5.32 Å². The van der Waals surface area contributed by atoms with E-state index in [1.54, 1.807) is 0 Å². The van der Waals surface area contributed by atoms with Crippen LogP contribution in [0.15, 0.2) is 0 Å². The number of rotatable bonds is 8. The zero-order chi connectivity index (χ0) is 16.5. The molecule has 1 aliphatic rings. The van der Waals surface area contributed by atoms with Crippen molar-refractivity contribution in [3.63, 3.8) is 0 Å². The highest BCUT2D eigenvalue weighted by molar-refractivity contribution is 5.81. The van der Waals surface area contributed by atoms with Crippen molar-refractivity contribution in [3.8, 4) is 0 Å². The van der Waals surface area contributed by atoms with Gasteiger partial charge in [-0.1, -0.05) is 13.3 Å². The van der Waals surface area contributed by atoms with E-state index >= 15 is 0 Å². The van der Waals surface area contributed by atoms with E-state index in [4.69, 9.17) is 0 Å². The number of hydrogen-bond donors (Lipinski definition) is 1. The van der Waals surface area contributed by atoms with Gasteiger partial charge in [0.25, 0.3) is 0 Å². The fraction of sp³-hybridized carbons (Fsp3) is 0.882. The Morgan fingerprint density at radius 1 is 1.00 bits per heavy atom. The second-order valence-corrected chi connectivity index (χ2v) is 6.76. The van der Waals surface area contributed by atoms with E-state index in [-0.39, 0.29) is 23.7 Å². The number of unbranched alkanes of at least 4 members (excludes halogenated alkanes) is 1. The molecule has 0 unspecified atom stereocenters. The fourth-order valence-electron chi connectivity index (χ4n) is 2.97. The molecule has 5 nitrogen and oxygen atoms in total. The van der Waals surface area contributed by atoms with Crippen LogP contribution in [0.5, 0.6) is 0 Å². The Hall–Kier alpha value is -1.10. The van der Waals surface area contributed by atoms with Gasteiger partial charge >= 0.3 is 0 Å². The molecule has 0 radical (unpaired) electrons. The van der Waals surface area contributed by atoms with Gasteiger partial charge < -0.3 is 15.1 Å². The molecule has 1 N–H and O–H groups in total. The average Bonchev–Trinajstić information content (AvgIpc) is 2.51. The number of carbonyl (C=O) groups excluding carboxylic acids is 2. The Morgan fingerprint density at radius 3 is 2.14 bits per heavy atom. The summed E-state index contributed by atoms with van der Waals surface area (Å²) < 4.78 is 0. The topological polar surface area (TPSA) is 52.7 Å². The van der Waals surface area contributed by atoms with E-state index in [0.29, 0.717) is 6.54 Å². The molecule has 5 heteroatoms. The van der Waals surface area contributed by atoms with Crippen LogP contribution in [-0.2, 0) is 9.59 Å².